The molecule has 1 aromatic rings. The number of benzene rings is 1. The molecule has 3 aliphatic rings. The van der Waals surface area contributed by atoms with Crippen molar-refractivity contribution < 1.29 is 36.4 Å². The van der Waals surface area contributed by atoms with E-state index in [1.165, 1.54) is 0 Å². The molecule has 0 radical (unpaired) electrons. The Morgan fingerprint density at radius 3 is 2.48 bits per heavy atom. The first-order chi connectivity index (χ1) is 10.7. The number of carbonyl (C=O) groups is 1. The summed E-state index contributed by atoms with van der Waals surface area (Å²) in [5.74, 6) is -0.915. The first-order valence-electron chi connectivity index (χ1n) is 7.92. The van der Waals surface area contributed by atoms with E-state index in [1.807, 2.05) is 30.3 Å². The summed E-state index contributed by atoms with van der Waals surface area (Å²) in [4.78, 5) is 14.8. The number of likely N-dealkylation sites (N-methyl/N-ethyl adjacent to an activating group) is 1. The summed E-state index contributed by atoms with van der Waals surface area (Å²) < 4.78 is 11.4. The van der Waals surface area contributed by atoms with E-state index < -0.39 is 5.92 Å². The highest BCUT2D eigenvalue weighted by molar-refractivity contribution is 5.78. The molecule has 6 heteroatoms. The van der Waals surface area contributed by atoms with E-state index in [4.69, 9.17) is 9.47 Å². The van der Waals surface area contributed by atoms with Gasteiger partial charge in [-0.25, -0.2) is 0 Å². The third-order valence-electron chi connectivity index (χ3n) is 5.33. The second-order valence-corrected chi connectivity index (χ2v) is 6.54. The van der Waals surface area contributed by atoms with Gasteiger partial charge in [-0.1, -0.05) is 30.3 Å². The van der Waals surface area contributed by atoms with Crippen molar-refractivity contribution in [3.05, 3.63) is 35.9 Å². The number of halogens is 1. The van der Waals surface area contributed by atoms with Gasteiger partial charge in [0.15, 0.2) is 0 Å². The van der Waals surface area contributed by atoms with E-state index in [0.717, 1.165) is 18.4 Å². The largest absolute Gasteiger partial charge is 1.00 e. The van der Waals surface area contributed by atoms with Gasteiger partial charge < -0.3 is 31.6 Å². The summed E-state index contributed by atoms with van der Waals surface area (Å²) in [6.07, 6.45) is 2.26. The maximum Gasteiger partial charge on any atom is 0.316 e. The minimum atomic E-state index is -0.593. The van der Waals surface area contributed by atoms with Crippen molar-refractivity contribution in [3.8, 4) is 0 Å². The topological polar surface area (TPSA) is 62.3 Å². The quantitative estimate of drug-likeness (QED) is 0.478. The summed E-state index contributed by atoms with van der Waals surface area (Å²) in [6, 6.07) is 10.1. The van der Waals surface area contributed by atoms with E-state index in [-0.39, 0.29) is 35.7 Å². The van der Waals surface area contributed by atoms with Crippen LogP contribution in [0.4, 0.5) is 0 Å². The Balaban J connectivity index is 0.00000156. The molecule has 1 N–H and O–H groups in total. The minimum Gasteiger partial charge on any atom is -1.00 e. The summed E-state index contributed by atoms with van der Waals surface area (Å²) in [5.41, 5.74) is 0.803. The number of nitrogens with zero attached hydrogens (tertiary/aromatic N) is 1. The molecule has 0 aliphatic carbocycles. The van der Waals surface area contributed by atoms with Crippen LogP contribution in [-0.4, -0.2) is 60.0 Å². The lowest BCUT2D eigenvalue weighted by Gasteiger charge is -2.38. The van der Waals surface area contributed by atoms with Crippen LogP contribution in [0.15, 0.2) is 30.3 Å². The summed E-state index contributed by atoms with van der Waals surface area (Å²) >= 11 is 0. The van der Waals surface area contributed by atoms with Gasteiger partial charge in [0.2, 0.25) is 0 Å². The lowest BCUT2D eigenvalue weighted by atomic mass is 9.97. The summed E-state index contributed by atoms with van der Waals surface area (Å²) in [5, 5.41) is 9.56. The summed E-state index contributed by atoms with van der Waals surface area (Å²) in [7, 11) is 2.13. The molecular weight excluding hydrogens is 362 g/mol. The Kier molecular flexibility index (Phi) is 4.78. The molecule has 0 amide bonds. The van der Waals surface area contributed by atoms with Crippen LogP contribution in [0.25, 0.3) is 0 Å². The van der Waals surface area contributed by atoms with Crippen molar-refractivity contribution in [2.45, 2.75) is 49.2 Å². The number of hydrogen-bond donors (Lipinski definition) is 1. The second-order valence-electron chi connectivity index (χ2n) is 6.54. The SMILES string of the molecule is CN1C2CC(OC(=O)C(CO)c3ccccc3)CC1C1OC12.[Br-]. The normalized spacial score (nSPS) is 35.8. The minimum absolute atomic E-state index is 0. The number of rotatable bonds is 4. The fourth-order valence-corrected chi connectivity index (χ4v) is 4.04. The number of esters is 1. The van der Waals surface area contributed by atoms with Crippen molar-refractivity contribution in [3.63, 3.8) is 0 Å². The molecule has 0 saturated carbocycles. The monoisotopic (exact) mass is 382 g/mol. The number of fused-ring (bicyclic) bond motifs is 5. The molecule has 4 rings (SSSR count). The molecule has 23 heavy (non-hydrogen) atoms. The van der Waals surface area contributed by atoms with Crippen LogP contribution in [0.3, 0.4) is 0 Å². The van der Waals surface area contributed by atoms with E-state index in [2.05, 4.69) is 11.9 Å². The zero-order chi connectivity index (χ0) is 15.3. The molecular formula is C17H21BrNO4-. The number of aliphatic hydroxyl groups excluding tert-OH is 1. The van der Waals surface area contributed by atoms with Crippen LogP contribution in [-0.2, 0) is 14.3 Å². The molecule has 5 atom stereocenters. The number of hydrogen-bond acceptors (Lipinski definition) is 5. The first-order valence-corrected chi connectivity index (χ1v) is 7.92. The number of epoxide rings is 1. The Bertz CT molecular complexity index is 551. The Morgan fingerprint density at radius 2 is 1.91 bits per heavy atom. The van der Waals surface area contributed by atoms with E-state index in [1.54, 1.807) is 0 Å². The van der Waals surface area contributed by atoms with Gasteiger partial charge in [0, 0.05) is 24.9 Å². The molecule has 126 valence electrons. The fourth-order valence-electron chi connectivity index (χ4n) is 4.04. The zero-order valence-corrected chi connectivity index (χ0v) is 14.6. The van der Waals surface area contributed by atoms with Crippen LogP contribution >= 0.6 is 0 Å². The number of ether oxygens (including phenoxy) is 2. The van der Waals surface area contributed by atoms with Gasteiger partial charge in [-0.15, -0.1) is 0 Å². The van der Waals surface area contributed by atoms with Crippen molar-refractivity contribution in [1.82, 2.24) is 4.90 Å². The van der Waals surface area contributed by atoms with Crippen molar-refractivity contribution in [2.24, 2.45) is 0 Å². The second kappa shape index (κ2) is 6.51. The van der Waals surface area contributed by atoms with Gasteiger partial charge in [-0.05, 0) is 12.6 Å². The third kappa shape index (κ3) is 2.93. The van der Waals surface area contributed by atoms with Crippen molar-refractivity contribution in [2.75, 3.05) is 13.7 Å². The maximum absolute atomic E-state index is 12.4. The molecule has 2 bridgehead atoms. The molecule has 3 saturated heterocycles. The maximum atomic E-state index is 12.4. The van der Waals surface area contributed by atoms with Crippen LogP contribution in [0, 0.1) is 0 Å². The van der Waals surface area contributed by atoms with Gasteiger partial charge in [-0.2, -0.15) is 0 Å². The highest BCUT2D eigenvalue weighted by Crippen LogP contribution is 2.48. The van der Waals surface area contributed by atoms with Crippen molar-refractivity contribution in [1.29, 1.82) is 0 Å². The lowest BCUT2D eigenvalue weighted by Crippen LogP contribution is -3.00. The Hall–Kier alpha value is -0.950. The van der Waals surface area contributed by atoms with E-state index >= 15 is 0 Å². The molecule has 5 unspecified atom stereocenters. The van der Waals surface area contributed by atoms with E-state index in [9.17, 15) is 9.90 Å². The smallest absolute Gasteiger partial charge is 0.316 e. The molecule has 0 aromatic heterocycles. The third-order valence-corrected chi connectivity index (χ3v) is 5.33. The van der Waals surface area contributed by atoms with Crippen LogP contribution in [0.1, 0.15) is 24.3 Å². The highest BCUT2D eigenvalue weighted by Gasteiger charge is 2.62. The molecule has 3 heterocycles. The standard InChI is InChI=1S/C17H21NO4.BrH/c1-18-13-7-11(8-14(18)16-15(13)22-16)21-17(20)12(9-19)10-5-3-2-4-6-10;/h2-6,11-16,19H,7-9H2,1H3;1H/p-1. The van der Waals surface area contributed by atoms with Gasteiger partial charge in [-0.3, -0.25) is 9.69 Å². The molecule has 5 nitrogen and oxygen atoms in total. The molecule has 3 fully saturated rings. The van der Waals surface area contributed by atoms with Crippen molar-refractivity contribution >= 4 is 5.97 Å². The lowest BCUT2D eigenvalue weighted by molar-refractivity contribution is -0.156. The van der Waals surface area contributed by atoms with E-state index in [0.29, 0.717) is 24.3 Å². The predicted octanol–water partition coefficient (Wildman–Crippen LogP) is -2.08. The zero-order valence-electron chi connectivity index (χ0n) is 13.0. The Morgan fingerprint density at radius 1 is 1.30 bits per heavy atom. The average Bonchev–Trinajstić information content (AvgIpc) is 3.27. The first kappa shape index (κ1) is 16.9. The highest BCUT2D eigenvalue weighted by atomic mass is 79.9. The van der Waals surface area contributed by atoms with Gasteiger partial charge in [0.25, 0.3) is 0 Å². The number of carbonyl (C=O) groups excluding carboxylic acids is 1. The molecule has 0 spiro atoms. The number of aliphatic hydroxyl groups is 1. The number of morpholine rings is 1. The number of piperidine rings is 1. The predicted molar refractivity (Wildman–Crippen MR) is 79.4 cm³/mol. The summed E-state index contributed by atoms with van der Waals surface area (Å²) in [6.45, 7) is -0.226. The van der Waals surface area contributed by atoms with Crippen LogP contribution in [0.5, 0.6) is 0 Å². The molecule has 3 aliphatic heterocycles. The van der Waals surface area contributed by atoms with Gasteiger partial charge in [0.05, 0.1) is 6.61 Å². The van der Waals surface area contributed by atoms with Crippen LogP contribution < -0.4 is 17.0 Å². The van der Waals surface area contributed by atoms with Crippen LogP contribution in [0.2, 0.25) is 0 Å². The fraction of sp³-hybridized carbons (Fsp3) is 0.588. The van der Waals surface area contributed by atoms with Gasteiger partial charge >= 0.3 is 5.97 Å². The average molecular weight is 383 g/mol. The Labute approximate surface area is 146 Å². The van der Waals surface area contributed by atoms with Gasteiger partial charge in [0.1, 0.15) is 24.2 Å². The molecule has 1 aromatic carbocycles.